The number of hydrogen-bond acceptors (Lipinski definition) is 2. The Kier molecular flexibility index (Phi) is 5.92. The molecule has 1 rings (SSSR count). The molecule has 0 bridgehead atoms. The molecular weight excluding hydrogens is 399 g/mol. The Balaban J connectivity index is 3.20. The molecule has 0 atom stereocenters. The highest BCUT2D eigenvalue weighted by atomic mass is 35.6. The van der Waals surface area contributed by atoms with Gasteiger partial charge in [0, 0.05) is 0 Å². The third kappa shape index (κ3) is 3.71. The van der Waals surface area contributed by atoms with E-state index >= 15 is 0 Å². The number of alkyl halides is 7. The maximum atomic E-state index is 8.98. The normalized spacial score (nSPS) is 13.5. The van der Waals surface area contributed by atoms with Crippen LogP contribution >= 0.6 is 81.2 Å². The van der Waals surface area contributed by atoms with Gasteiger partial charge in [-0.05, 0) is 11.0 Å². The quantitative estimate of drug-likeness (QED) is 0.597. The van der Waals surface area contributed by atoms with E-state index in [1.54, 1.807) is 0 Å². The van der Waals surface area contributed by atoms with E-state index in [1.165, 1.54) is 24.3 Å². The van der Waals surface area contributed by atoms with Crippen LogP contribution in [0.5, 0.6) is 0 Å². The molecule has 0 heterocycles. The lowest BCUT2D eigenvalue weighted by Gasteiger charge is -2.37. The molecule has 2 N–H and O–H groups in total. The maximum Gasteiger partial charge on any atom is 0.488 e. The summed E-state index contributed by atoms with van der Waals surface area (Å²) in [6.07, 6.45) is 0. The SMILES string of the molecule is OB(O)c1ccc(C(Cl)(Cl)C(Cl)(Cl)C(Cl)(Cl)Cl)cc1. The molecule has 19 heavy (non-hydrogen) atoms. The first-order chi connectivity index (χ1) is 8.41. The van der Waals surface area contributed by atoms with Gasteiger partial charge in [0.05, 0.1) is 0 Å². The molecule has 0 radical (unpaired) electrons. The Hall–Kier alpha value is 1.23. The maximum absolute atomic E-state index is 8.98. The Morgan fingerprint density at radius 3 is 1.53 bits per heavy atom. The van der Waals surface area contributed by atoms with Crippen LogP contribution in [0.25, 0.3) is 0 Å². The largest absolute Gasteiger partial charge is 0.488 e. The molecule has 0 spiro atoms. The van der Waals surface area contributed by atoms with Gasteiger partial charge < -0.3 is 10.0 Å². The second-order valence-corrected chi connectivity index (χ2v) is 8.58. The Morgan fingerprint density at radius 1 is 0.789 bits per heavy atom. The lowest BCUT2D eigenvalue weighted by atomic mass is 9.80. The van der Waals surface area contributed by atoms with Gasteiger partial charge >= 0.3 is 7.12 Å². The standard InChI is InChI=1S/C9H6BCl7O2/c11-7(12,8(13,14)9(15,16)17)5-1-3-6(4-2-5)10(18)19/h1-4,18-19H. The summed E-state index contributed by atoms with van der Waals surface area (Å²) in [6, 6.07) is 5.54. The molecule has 1 aromatic carbocycles. The first-order valence-corrected chi connectivity index (χ1v) is 7.35. The molecule has 1 aromatic rings. The van der Waals surface area contributed by atoms with Crippen LogP contribution in [0.2, 0.25) is 0 Å². The third-order valence-corrected chi connectivity index (χ3v) is 6.28. The molecule has 106 valence electrons. The second kappa shape index (κ2) is 6.16. The third-order valence-electron chi connectivity index (χ3n) is 2.32. The van der Waals surface area contributed by atoms with Crippen molar-refractivity contribution in [3.63, 3.8) is 0 Å². The molecule has 0 saturated heterocycles. The molecule has 0 aliphatic carbocycles. The lowest BCUT2D eigenvalue weighted by molar-refractivity contribution is 0.426. The van der Waals surface area contributed by atoms with E-state index in [1.807, 2.05) is 0 Å². The Morgan fingerprint density at radius 2 is 1.21 bits per heavy atom. The van der Waals surface area contributed by atoms with E-state index < -0.39 is 19.6 Å². The van der Waals surface area contributed by atoms with Gasteiger partial charge in [-0.25, -0.2) is 0 Å². The van der Waals surface area contributed by atoms with Crippen LogP contribution in [-0.4, -0.2) is 25.3 Å². The summed E-state index contributed by atoms with van der Waals surface area (Å²) >= 11 is 41.1. The van der Waals surface area contributed by atoms with E-state index in [-0.39, 0.29) is 11.0 Å². The van der Waals surface area contributed by atoms with Crippen molar-refractivity contribution in [3.05, 3.63) is 29.8 Å². The number of rotatable bonds is 3. The molecule has 2 nitrogen and oxygen atoms in total. The van der Waals surface area contributed by atoms with Gasteiger partial charge in [0.2, 0.25) is 8.13 Å². The van der Waals surface area contributed by atoms with Gasteiger partial charge in [-0.3, -0.25) is 0 Å². The van der Waals surface area contributed by atoms with Crippen LogP contribution in [0.15, 0.2) is 24.3 Å². The van der Waals surface area contributed by atoms with Gasteiger partial charge in [-0.2, -0.15) is 0 Å². The molecule has 0 fully saturated rings. The van der Waals surface area contributed by atoms with Crippen LogP contribution < -0.4 is 5.46 Å². The fourth-order valence-corrected chi connectivity index (χ4v) is 2.69. The highest BCUT2D eigenvalue weighted by molar-refractivity contribution is 6.78. The molecule has 0 saturated carbocycles. The molecule has 0 aromatic heterocycles. The molecule has 10 heteroatoms. The summed E-state index contributed by atoms with van der Waals surface area (Å²) < 4.78 is -6.21. The summed E-state index contributed by atoms with van der Waals surface area (Å²) in [5.74, 6) is 0. The molecule has 0 unspecified atom stereocenters. The van der Waals surface area contributed by atoms with Gasteiger partial charge in [0.25, 0.3) is 0 Å². The predicted molar refractivity (Wildman–Crippen MR) is 84.4 cm³/mol. The van der Waals surface area contributed by atoms with Crippen molar-refractivity contribution in [2.75, 3.05) is 0 Å². The van der Waals surface area contributed by atoms with Gasteiger partial charge in [-0.15, -0.1) is 0 Å². The van der Waals surface area contributed by atoms with Crippen molar-refractivity contribution in [2.24, 2.45) is 0 Å². The summed E-state index contributed by atoms with van der Waals surface area (Å²) in [7, 11) is -1.63. The van der Waals surface area contributed by atoms with Crippen molar-refractivity contribution in [1.82, 2.24) is 0 Å². The molecular formula is C9H6BCl7O2. The number of hydrogen-bond donors (Lipinski definition) is 2. The fourth-order valence-electron chi connectivity index (χ4n) is 1.22. The smallest absolute Gasteiger partial charge is 0.423 e. The minimum atomic E-state index is -2.14. The average Bonchev–Trinajstić information content (AvgIpc) is 2.27. The van der Waals surface area contributed by atoms with Crippen LogP contribution in [0.1, 0.15) is 5.56 Å². The highest BCUT2D eigenvalue weighted by Gasteiger charge is 2.60. The second-order valence-electron chi connectivity index (χ2n) is 3.64. The Bertz CT molecular complexity index is 441. The van der Waals surface area contributed by atoms with E-state index in [0.29, 0.717) is 0 Å². The van der Waals surface area contributed by atoms with Crippen molar-refractivity contribution in [2.45, 2.75) is 12.5 Å². The summed E-state index contributed by atoms with van der Waals surface area (Å²) in [5, 5.41) is 18.0. The first kappa shape index (κ1) is 18.3. The van der Waals surface area contributed by atoms with Gasteiger partial charge in [0.1, 0.15) is 0 Å². The minimum Gasteiger partial charge on any atom is -0.423 e. The predicted octanol–water partition coefficient (Wildman–Crippen LogP) is 3.54. The zero-order chi connectivity index (χ0) is 15.1. The van der Waals surface area contributed by atoms with Crippen molar-refractivity contribution >= 4 is 93.8 Å². The van der Waals surface area contributed by atoms with E-state index in [9.17, 15) is 0 Å². The first-order valence-electron chi connectivity index (χ1n) is 4.70. The van der Waals surface area contributed by atoms with Crippen LogP contribution in [0.3, 0.4) is 0 Å². The summed E-state index contributed by atoms with van der Waals surface area (Å²) in [4.78, 5) is 0. The van der Waals surface area contributed by atoms with Gasteiger partial charge in [-0.1, -0.05) is 105 Å². The number of benzene rings is 1. The zero-order valence-electron chi connectivity index (χ0n) is 8.93. The van der Waals surface area contributed by atoms with Crippen LogP contribution in [-0.2, 0) is 4.33 Å². The van der Waals surface area contributed by atoms with E-state index in [2.05, 4.69) is 0 Å². The van der Waals surface area contributed by atoms with Crippen LogP contribution in [0, 0.1) is 0 Å². The van der Waals surface area contributed by atoms with Crippen molar-refractivity contribution < 1.29 is 10.0 Å². The zero-order valence-corrected chi connectivity index (χ0v) is 14.2. The lowest BCUT2D eigenvalue weighted by Crippen LogP contribution is -2.45. The Labute approximate surface area is 145 Å². The minimum absolute atomic E-state index is 0.233. The molecule has 0 aliphatic rings. The monoisotopic (exact) mass is 402 g/mol. The van der Waals surface area contributed by atoms with Crippen molar-refractivity contribution in [1.29, 1.82) is 0 Å². The van der Waals surface area contributed by atoms with E-state index in [4.69, 9.17) is 91.3 Å². The van der Waals surface area contributed by atoms with Crippen molar-refractivity contribution in [3.8, 4) is 0 Å². The summed E-state index contributed by atoms with van der Waals surface area (Å²) in [5.41, 5.74) is 0.466. The fraction of sp³-hybridized carbons (Fsp3) is 0.333. The average molecular weight is 405 g/mol. The van der Waals surface area contributed by atoms with Crippen LogP contribution in [0.4, 0.5) is 0 Å². The topological polar surface area (TPSA) is 40.5 Å². The summed E-state index contributed by atoms with van der Waals surface area (Å²) in [6.45, 7) is 0. The van der Waals surface area contributed by atoms with Gasteiger partial charge in [0.15, 0.2) is 4.33 Å². The molecule has 0 amide bonds. The van der Waals surface area contributed by atoms with E-state index in [0.717, 1.165) is 0 Å². The number of halogens is 7. The molecule has 0 aliphatic heterocycles. The highest BCUT2D eigenvalue weighted by Crippen LogP contribution is 2.60.